The molecule has 0 bridgehead atoms. The lowest BCUT2D eigenvalue weighted by Gasteiger charge is -2.39. The van der Waals surface area contributed by atoms with Gasteiger partial charge in [0, 0.05) is 13.1 Å². The SMILES string of the molecule is CC(C)CNC1(C#N)CCCN(Cc2ccccc2)C1. The Bertz CT molecular complexity index is 449. The zero-order valence-corrected chi connectivity index (χ0v) is 12.6. The lowest BCUT2D eigenvalue weighted by Crippen LogP contribution is -2.56. The van der Waals surface area contributed by atoms with Crippen LogP contribution >= 0.6 is 0 Å². The molecule has 20 heavy (non-hydrogen) atoms. The Morgan fingerprint density at radius 3 is 2.75 bits per heavy atom. The zero-order chi connectivity index (χ0) is 14.4. The quantitative estimate of drug-likeness (QED) is 0.895. The first-order valence-corrected chi connectivity index (χ1v) is 7.56. The van der Waals surface area contributed by atoms with Crippen molar-refractivity contribution in [2.24, 2.45) is 5.92 Å². The van der Waals surface area contributed by atoms with Crippen LogP contribution in [-0.4, -0.2) is 30.1 Å². The Balaban J connectivity index is 1.98. The number of nitrogens with zero attached hydrogens (tertiary/aromatic N) is 2. The first-order chi connectivity index (χ1) is 9.63. The fourth-order valence-electron chi connectivity index (χ4n) is 2.80. The summed E-state index contributed by atoms with van der Waals surface area (Å²) in [5, 5.41) is 13.1. The van der Waals surface area contributed by atoms with Gasteiger partial charge in [0.2, 0.25) is 0 Å². The van der Waals surface area contributed by atoms with Crippen molar-refractivity contribution in [2.75, 3.05) is 19.6 Å². The second-order valence-electron chi connectivity index (χ2n) is 6.27. The van der Waals surface area contributed by atoms with Crippen LogP contribution in [-0.2, 0) is 6.54 Å². The van der Waals surface area contributed by atoms with Gasteiger partial charge in [-0.25, -0.2) is 0 Å². The van der Waals surface area contributed by atoms with E-state index < -0.39 is 0 Å². The van der Waals surface area contributed by atoms with Gasteiger partial charge in [0.05, 0.1) is 6.07 Å². The van der Waals surface area contributed by atoms with Crippen LogP contribution in [0.3, 0.4) is 0 Å². The molecule has 2 rings (SSSR count). The minimum absolute atomic E-state index is 0.364. The molecule has 0 aliphatic carbocycles. The summed E-state index contributed by atoms with van der Waals surface area (Å²) in [6, 6.07) is 13.0. The molecule has 1 aliphatic rings. The van der Waals surface area contributed by atoms with Gasteiger partial charge in [0.25, 0.3) is 0 Å². The second kappa shape index (κ2) is 6.88. The highest BCUT2D eigenvalue weighted by Gasteiger charge is 2.35. The van der Waals surface area contributed by atoms with Gasteiger partial charge in [-0.3, -0.25) is 10.2 Å². The Labute approximate surface area is 122 Å². The summed E-state index contributed by atoms with van der Waals surface area (Å²) in [7, 11) is 0. The van der Waals surface area contributed by atoms with E-state index in [0.717, 1.165) is 39.0 Å². The number of nitriles is 1. The predicted molar refractivity (Wildman–Crippen MR) is 82.1 cm³/mol. The fourth-order valence-corrected chi connectivity index (χ4v) is 2.80. The number of rotatable bonds is 5. The second-order valence-corrected chi connectivity index (χ2v) is 6.27. The number of nitrogens with one attached hydrogen (secondary N) is 1. The first-order valence-electron chi connectivity index (χ1n) is 7.56. The molecule has 1 aliphatic heterocycles. The normalized spacial score (nSPS) is 23.7. The minimum atomic E-state index is -0.364. The van der Waals surface area contributed by atoms with Gasteiger partial charge < -0.3 is 0 Å². The molecule has 0 amide bonds. The highest BCUT2D eigenvalue weighted by molar-refractivity contribution is 5.16. The molecule has 0 radical (unpaired) electrons. The van der Waals surface area contributed by atoms with Crippen molar-refractivity contribution in [1.29, 1.82) is 5.26 Å². The molecule has 1 aromatic carbocycles. The molecule has 1 saturated heterocycles. The Hall–Kier alpha value is -1.37. The van der Waals surface area contributed by atoms with Crippen molar-refractivity contribution in [3.8, 4) is 6.07 Å². The van der Waals surface area contributed by atoms with Crippen LogP contribution in [0, 0.1) is 17.2 Å². The summed E-state index contributed by atoms with van der Waals surface area (Å²) < 4.78 is 0. The van der Waals surface area contributed by atoms with E-state index in [1.807, 2.05) is 6.07 Å². The number of hydrogen-bond donors (Lipinski definition) is 1. The van der Waals surface area contributed by atoms with Crippen LogP contribution in [0.25, 0.3) is 0 Å². The molecule has 0 aromatic heterocycles. The van der Waals surface area contributed by atoms with Crippen LogP contribution in [0.5, 0.6) is 0 Å². The molecule has 0 saturated carbocycles. The molecule has 1 N–H and O–H groups in total. The Morgan fingerprint density at radius 2 is 2.10 bits per heavy atom. The molecule has 0 spiro atoms. The predicted octanol–water partition coefficient (Wildman–Crippen LogP) is 2.79. The third-order valence-corrected chi connectivity index (χ3v) is 3.88. The van der Waals surface area contributed by atoms with Crippen LogP contribution in [0.15, 0.2) is 30.3 Å². The van der Waals surface area contributed by atoms with Gasteiger partial charge in [-0.15, -0.1) is 0 Å². The summed E-state index contributed by atoms with van der Waals surface area (Å²) in [5.41, 5.74) is 0.960. The van der Waals surface area contributed by atoms with E-state index in [1.165, 1.54) is 5.56 Å². The van der Waals surface area contributed by atoms with Crippen molar-refractivity contribution < 1.29 is 0 Å². The number of piperidine rings is 1. The average Bonchev–Trinajstić information content (AvgIpc) is 2.47. The zero-order valence-electron chi connectivity index (χ0n) is 12.6. The van der Waals surface area contributed by atoms with Gasteiger partial charge in [-0.1, -0.05) is 44.2 Å². The molecule has 1 unspecified atom stereocenters. The third kappa shape index (κ3) is 4.06. The molecule has 1 atom stereocenters. The molecule has 1 heterocycles. The Morgan fingerprint density at radius 1 is 1.35 bits per heavy atom. The largest absolute Gasteiger partial charge is 0.298 e. The van der Waals surface area contributed by atoms with Gasteiger partial charge in [-0.05, 0) is 37.4 Å². The summed E-state index contributed by atoms with van der Waals surface area (Å²) in [6.45, 7) is 8.12. The molecular weight excluding hydrogens is 246 g/mol. The third-order valence-electron chi connectivity index (χ3n) is 3.88. The Kier molecular flexibility index (Phi) is 5.17. The maximum atomic E-state index is 9.60. The van der Waals surface area contributed by atoms with Crippen molar-refractivity contribution in [3.05, 3.63) is 35.9 Å². The summed E-state index contributed by atoms with van der Waals surface area (Å²) in [4.78, 5) is 2.40. The monoisotopic (exact) mass is 271 g/mol. The summed E-state index contributed by atoms with van der Waals surface area (Å²) >= 11 is 0. The van der Waals surface area contributed by atoms with Crippen LogP contribution in [0.1, 0.15) is 32.3 Å². The molecule has 3 nitrogen and oxygen atoms in total. The highest BCUT2D eigenvalue weighted by Crippen LogP contribution is 2.22. The fraction of sp³-hybridized carbons (Fsp3) is 0.588. The van der Waals surface area contributed by atoms with E-state index in [-0.39, 0.29) is 5.54 Å². The molecule has 1 fully saturated rings. The number of likely N-dealkylation sites (tertiary alicyclic amines) is 1. The van der Waals surface area contributed by atoms with Crippen molar-refractivity contribution in [3.63, 3.8) is 0 Å². The van der Waals surface area contributed by atoms with E-state index in [9.17, 15) is 5.26 Å². The van der Waals surface area contributed by atoms with E-state index in [2.05, 4.69) is 54.4 Å². The molecule has 3 heteroatoms. The maximum Gasteiger partial charge on any atom is 0.119 e. The molecule has 1 aromatic rings. The van der Waals surface area contributed by atoms with Gasteiger partial charge in [0.1, 0.15) is 5.54 Å². The van der Waals surface area contributed by atoms with Crippen molar-refractivity contribution in [2.45, 2.75) is 38.8 Å². The summed E-state index contributed by atoms with van der Waals surface area (Å²) in [5.74, 6) is 0.574. The minimum Gasteiger partial charge on any atom is -0.298 e. The van der Waals surface area contributed by atoms with E-state index in [0.29, 0.717) is 5.92 Å². The highest BCUT2D eigenvalue weighted by atomic mass is 15.2. The van der Waals surface area contributed by atoms with Crippen LogP contribution in [0.2, 0.25) is 0 Å². The van der Waals surface area contributed by atoms with Gasteiger partial charge >= 0.3 is 0 Å². The summed E-state index contributed by atoms with van der Waals surface area (Å²) in [6.07, 6.45) is 2.05. The smallest absolute Gasteiger partial charge is 0.119 e. The molecule has 108 valence electrons. The van der Waals surface area contributed by atoms with E-state index in [1.54, 1.807) is 0 Å². The van der Waals surface area contributed by atoms with Gasteiger partial charge in [0.15, 0.2) is 0 Å². The van der Waals surface area contributed by atoms with Crippen molar-refractivity contribution in [1.82, 2.24) is 10.2 Å². The lowest BCUT2D eigenvalue weighted by molar-refractivity contribution is 0.146. The van der Waals surface area contributed by atoms with Crippen LogP contribution in [0.4, 0.5) is 0 Å². The molecular formula is C17H25N3. The standard InChI is InChI=1S/C17H25N3/c1-15(2)11-19-17(13-18)9-6-10-20(14-17)12-16-7-4-3-5-8-16/h3-5,7-8,15,19H,6,9-12,14H2,1-2H3. The van der Waals surface area contributed by atoms with Gasteiger partial charge in [-0.2, -0.15) is 5.26 Å². The topological polar surface area (TPSA) is 39.1 Å². The number of benzene rings is 1. The van der Waals surface area contributed by atoms with E-state index in [4.69, 9.17) is 0 Å². The average molecular weight is 271 g/mol. The lowest BCUT2D eigenvalue weighted by atomic mass is 9.89. The number of hydrogen-bond acceptors (Lipinski definition) is 3. The maximum absolute atomic E-state index is 9.60. The van der Waals surface area contributed by atoms with E-state index >= 15 is 0 Å². The first kappa shape index (κ1) is 15.0. The van der Waals surface area contributed by atoms with Crippen LogP contribution < -0.4 is 5.32 Å². The van der Waals surface area contributed by atoms with Crippen molar-refractivity contribution >= 4 is 0 Å².